The maximum Gasteiger partial charge on any atom is 0.304 e. The number of carboxylic acid groups (broad SMARTS) is 1. The van der Waals surface area contributed by atoms with E-state index in [1.54, 1.807) is 0 Å². The summed E-state index contributed by atoms with van der Waals surface area (Å²) in [4.78, 5) is 18.9. The molecule has 0 radical (unpaired) electrons. The number of hydrogen-bond acceptors (Lipinski definition) is 5. The lowest BCUT2D eigenvalue weighted by Gasteiger charge is -2.35. The van der Waals surface area contributed by atoms with Crippen LogP contribution in [0.3, 0.4) is 0 Å². The SMILES string of the molecule is Cc1ccc2c(c1)N(Cc1nc3cc(F)cc(F)c3s1)C(=S)C(CC(=O)O)S2. The Hall–Kier alpha value is -2.10. The number of thiazole rings is 1. The third-order valence-electron chi connectivity index (χ3n) is 4.32. The summed E-state index contributed by atoms with van der Waals surface area (Å²) in [5.74, 6) is -2.24. The fourth-order valence-electron chi connectivity index (χ4n) is 3.09. The first-order valence-corrected chi connectivity index (χ1v) is 10.5. The number of carboxylic acids is 1. The summed E-state index contributed by atoms with van der Waals surface area (Å²) in [5, 5.41) is 9.42. The summed E-state index contributed by atoms with van der Waals surface area (Å²) < 4.78 is 27.8. The van der Waals surface area contributed by atoms with Crippen molar-refractivity contribution in [1.82, 2.24) is 4.98 Å². The van der Waals surface area contributed by atoms with Gasteiger partial charge in [-0.3, -0.25) is 4.79 Å². The van der Waals surface area contributed by atoms with E-state index in [-0.39, 0.29) is 23.7 Å². The lowest BCUT2D eigenvalue weighted by Crippen LogP contribution is -2.40. The second-order valence-electron chi connectivity index (χ2n) is 6.44. The van der Waals surface area contributed by atoms with Crippen LogP contribution in [0.5, 0.6) is 0 Å². The summed E-state index contributed by atoms with van der Waals surface area (Å²) >= 11 is 8.18. The Balaban J connectivity index is 1.74. The van der Waals surface area contributed by atoms with E-state index in [4.69, 9.17) is 12.2 Å². The van der Waals surface area contributed by atoms with E-state index < -0.39 is 17.6 Å². The van der Waals surface area contributed by atoms with Crippen LogP contribution in [-0.4, -0.2) is 26.3 Å². The highest BCUT2D eigenvalue weighted by Gasteiger charge is 2.32. The molecule has 4 nitrogen and oxygen atoms in total. The molecule has 3 aromatic rings. The van der Waals surface area contributed by atoms with Crippen molar-refractivity contribution in [2.75, 3.05) is 4.90 Å². The zero-order chi connectivity index (χ0) is 20.0. The Labute approximate surface area is 173 Å². The van der Waals surface area contributed by atoms with Gasteiger partial charge in [-0.1, -0.05) is 18.3 Å². The van der Waals surface area contributed by atoms with Gasteiger partial charge in [0.05, 0.1) is 39.1 Å². The van der Waals surface area contributed by atoms with E-state index in [9.17, 15) is 18.7 Å². The molecule has 0 bridgehead atoms. The van der Waals surface area contributed by atoms with Crippen LogP contribution >= 0.6 is 35.3 Å². The van der Waals surface area contributed by atoms with Crippen LogP contribution in [0, 0.1) is 18.6 Å². The van der Waals surface area contributed by atoms with Crippen molar-refractivity contribution in [3.8, 4) is 0 Å². The van der Waals surface area contributed by atoms with Gasteiger partial charge in [0.15, 0.2) is 0 Å². The van der Waals surface area contributed by atoms with Gasteiger partial charge in [-0.25, -0.2) is 13.8 Å². The van der Waals surface area contributed by atoms with Crippen LogP contribution in [0.4, 0.5) is 14.5 Å². The average molecular weight is 437 g/mol. The molecule has 0 aliphatic carbocycles. The number of benzene rings is 2. The van der Waals surface area contributed by atoms with Gasteiger partial charge in [0, 0.05) is 17.0 Å². The third-order valence-corrected chi connectivity index (χ3v) is 7.32. The van der Waals surface area contributed by atoms with Gasteiger partial charge in [-0.15, -0.1) is 23.1 Å². The van der Waals surface area contributed by atoms with Crippen LogP contribution in [0.2, 0.25) is 0 Å². The van der Waals surface area contributed by atoms with Crippen LogP contribution in [0.15, 0.2) is 35.2 Å². The number of hydrogen-bond donors (Lipinski definition) is 1. The molecule has 1 unspecified atom stereocenters. The predicted octanol–water partition coefficient (Wildman–Crippen LogP) is 5.17. The molecule has 1 N–H and O–H groups in total. The summed E-state index contributed by atoms with van der Waals surface area (Å²) in [7, 11) is 0. The number of thioether (sulfide) groups is 1. The highest BCUT2D eigenvalue weighted by Crippen LogP contribution is 2.42. The topological polar surface area (TPSA) is 53.4 Å². The molecule has 0 spiro atoms. The number of aromatic nitrogens is 1. The van der Waals surface area contributed by atoms with Crippen molar-refractivity contribution in [2.45, 2.75) is 30.0 Å². The zero-order valence-corrected chi connectivity index (χ0v) is 17.1. The van der Waals surface area contributed by atoms with Crippen molar-refractivity contribution >= 4 is 62.2 Å². The normalized spacial score (nSPS) is 16.5. The van der Waals surface area contributed by atoms with Gasteiger partial charge in [0.25, 0.3) is 0 Å². The molecule has 2 heterocycles. The highest BCUT2D eigenvalue weighted by molar-refractivity contribution is 8.02. The zero-order valence-electron chi connectivity index (χ0n) is 14.6. The predicted molar refractivity (Wildman–Crippen MR) is 111 cm³/mol. The van der Waals surface area contributed by atoms with E-state index >= 15 is 0 Å². The molecule has 1 atom stereocenters. The number of rotatable bonds is 4. The minimum absolute atomic E-state index is 0.0903. The van der Waals surface area contributed by atoms with E-state index in [1.807, 2.05) is 30.0 Å². The molecule has 144 valence electrons. The second kappa shape index (κ2) is 7.38. The Bertz CT molecular complexity index is 1120. The van der Waals surface area contributed by atoms with Crippen molar-refractivity contribution in [2.24, 2.45) is 0 Å². The molecule has 0 fully saturated rings. The Kier molecular flexibility index (Phi) is 5.07. The van der Waals surface area contributed by atoms with Gasteiger partial charge in [0.2, 0.25) is 0 Å². The number of carbonyl (C=O) groups is 1. The standard InChI is InChI=1S/C19H14F2N2O2S3/c1-9-2-3-14-13(4-9)23(19(26)15(27-14)7-17(24)25)8-16-22-12-6-10(20)5-11(21)18(12)28-16/h2-6,15H,7-8H2,1H3,(H,24,25). The lowest BCUT2D eigenvalue weighted by atomic mass is 10.1. The molecule has 1 aliphatic heterocycles. The number of anilines is 1. The van der Waals surface area contributed by atoms with E-state index in [0.29, 0.717) is 14.7 Å². The minimum Gasteiger partial charge on any atom is -0.481 e. The monoisotopic (exact) mass is 436 g/mol. The quantitative estimate of drug-likeness (QED) is 0.570. The van der Waals surface area contributed by atoms with E-state index in [2.05, 4.69) is 4.98 Å². The van der Waals surface area contributed by atoms with Gasteiger partial charge in [0.1, 0.15) is 16.6 Å². The van der Waals surface area contributed by atoms with Gasteiger partial charge in [-0.05, 0) is 24.6 Å². The fraction of sp³-hybridized carbons (Fsp3) is 0.211. The average Bonchev–Trinajstić information content (AvgIpc) is 3.01. The summed E-state index contributed by atoms with van der Waals surface area (Å²) in [6.45, 7) is 2.23. The van der Waals surface area contributed by atoms with Crippen molar-refractivity contribution in [3.05, 3.63) is 52.5 Å². The Morgan fingerprint density at radius 1 is 1.32 bits per heavy atom. The fourth-order valence-corrected chi connectivity index (χ4v) is 5.62. The minimum atomic E-state index is -0.923. The Morgan fingerprint density at radius 2 is 2.11 bits per heavy atom. The molecule has 1 aromatic heterocycles. The first kappa shape index (κ1) is 19.2. The van der Waals surface area contributed by atoms with Gasteiger partial charge in [-0.2, -0.15) is 0 Å². The van der Waals surface area contributed by atoms with Crippen molar-refractivity contribution in [3.63, 3.8) is 0 Å². The number of halogens is 2. The summed E-state index contributed by atoms with van der Waals surface area (Å²) in [6.07, 6.45) is -0.0903. The third kappa shape index (κ3) is 3.61. The molecule has 0 saturated heterocycles. The van der Waals surface area contributed by atoms with Crippen molar-refractivity contribution in [1.29, 1.82) is 0 Å². The number of thiocarbonyl (C=S) groups is 1. The largest absolute Gasteiger partial charge is 0.481 e. The van der Waals surface area contributed by atoms with Crippen LogP contribution in [-0.2, 0) is 11.3 Å². The molecule has 0 saturated carbocycles. The van der Waals surface area contributed by atoms with Crippen LogP contribution < -0.4 is 4.90 Å². The first-order chi connectivity index (χ1) is 13.3. The molecular weight excluding hydrogens is 422 g/mol. The smallest absolute Gasteiger partial charge is 0.304 e. The second-order valence-corrected chi connectivity index (χ2v) is 9.19. The summed E-state index contributed by atoms with van der Waals surface area (Å²) in [5.41, 5.74) is 2.19. The van der Waals surface area contributed by atoms with Gasteiger partial charge < -0.3 is 10.0 Å². The lowest BCUT2D eigenvalue weighted by molar-refractivity contribution is -0.136. The molecule has 2 aromatic carbocycles. The molecule has 0 amide bonds. The number of aryl methyl sites for hydroxylation is 1. The maximum atomic E-state index is 14.0. The summed E-state index contributed by atoms with van der Waals surface area (Å²) in [6, 6.07) is 7.94. The molecule has 1 aliphatic rings. The molecule has 9 heteroatoms. The first-order valence-electron chi connectivity index (χ1n) is 8.37. The number of nitrogens with zero attached hydrogens (tertiary/aromatic N) is 2. The molecular formula is C19H14F2N2O2S3. The number of aliphatic carboxylic acids is 1. The molecule has 28 heavy (non-hydrogen) atoms. The highest BCUT2D eigenvalue weighted by atomic mass is 32.2. The number of fused-ring (bicyclic) bond motifs is 2. The van der Waals surface area contributed by atoms with E-state index in [1.165, 1.54) is 17.8 Å². The van der Waals surface area contributed by atoms with Gasteiger partial charge >= 0.3 is 5.97 Å². The maximum absolute atomic E-state index is 14.0. The van der Waals surface area contributed by atoms with Crippen LogP contribution in [0.1, 0.15) is 17.0 Å². The molecule has 4 rings (SSSR count). The van der Waals surface area contributed by atoms with Crippen LogP contribution in [0.25, 0.3) is 10.2 Å². The van der Waals surface area contributed by atoms with E-state index in [0.717, 1.165) is 33.5 Å². The van der Waals surface area contributed by atoms with Crippen molar-refractivity contribution < 1.29 is 18.7 Å². The Morgan fingerprint density at radius 3 is 2.86 bits per heavy atom.